The highest BCUT2D eigenvalue weighted by Gasteiger charge is 2.27. The van der Waals surface area contributed by atoms with Crippen molar-refractivity contribution in [1.82, 2.24) is 9.62 Å². The lowest BCUT2D eigenvalue weighted by molar-refractivity contribution is -0.122. The van der Waals surface area contributed by atoms with Crippen LogP contribution in [0.5, 0.6) is 5.75 Å². The van der Waals surface area contributed by atoms with Crippen molar-refractivity contribution in [2.75, 3.05) is 30.0 Å². The predicted octanol–water partition coefficient (Wildman–Crippen LogP) is 0.952. The molecule has 2 aliphatic heterocycles. The fourth-order valence-corrected chi connectivity index (χ4v) is 3.85. The lowest BCUT2D eigenvalue weighted by Crippen LogP contribution is -2.50. The van der Waals surface area contributed by atoms with Crippen LogP contribution in [0.3, 0.4) is 0 Å². The SMILES string of the molecule is C[C@@H]1Oc2ccc(NC(=O)N3CCC[C@@H](NS(C)(=O)=O)C3)cc2NC1=O. The standard InChI is InChI=1S/C16H22N4O5S/c1-10-15(21)18-13-8-11(5-6-14(13)25-10)17-16(22)20-7-3-4-12(9-20)19-26(2,23)24/h5-6,8,10,12,19H,3-4,7,9H2,1-2H3,(H,17,22)(H,18,21)/t10-,12+/m0/s1. The molecule has 9 nitrogen and oxygen atoms in total. The van der Waals surface area contributed by atoms with E-state index in [1.165, 1.54) is 0 Å². The summed E-state index contributed by atoms with van der Waals surface area (Å²) >= 11 is 0. The van der Waals surface area contributed by atoms with Gasteiger partial charge in [-0.3, -0.25) is 4.79 Å². The van der Waals surface area contributed by atoms with Crippen LogP contribution in [0.25, 0.3) is 0 Å². The minimum Gasteiger partial charge on any atom is -0.479 e. The van der Waals surface area contributed by atoms with E-state index >= 15 is 0 Å². The van der Waals surface area contributed by atoms with E-state index in [4.69, 9.17) is 4.74 Å². The van der Waals surface area contributed by atoms with Gasteiger partial charge in [-0.1, -0.05) is 0 Å². The van der Waals surface area contributed by atoms with Crippen molar-refractivity contribution >= 4 is 33.3 Å². The first-order chi connectivity index (χ1) is 12.2. The molecule has 0 radical (unpaired) electrons. The van der Waals surface area contributed by atoms with Gasteiger partial charge in [0.1, 0.15) is 5.75 Å². The van der Waals surface area contributed by atoms with Crippen LogP contribution in [-0.4, -0.2) is 56.7 Å². The molecule has 10 heteroatoms. The number of amides is 3. The lowest BCUT2D eigenvalue weighted by Gasteiger charge is -2.32. The van der Waals surface area contributed by atoms with Gasteiger partial charge in [-0.05, 0) is 38.0 Å². The Morgan fingerprint density at radius 1 is 1.38 bits per heavy atom. The van der Waals surface area contributed by atoms with Crippen molar-refractivity contribution in [3.05, 3.63) is 18.2 Å². The van der Waals surface area contributed by atoms with Crippen LogP contribution < -0.4 is 20.1 Å². The summed E-state index contributed by atoms with van der Waals surface area (Å²) in [5, 5.41) is 5.50. The largest absolute Gasteiger partial charge is 0.479 e. The van der Waals surface area contributed by atoms with Gasteiger partial charge in [-0.2, -0.15) is 0 Å². The maximum absolute atomic E-state index is 12.5. The molecule has 1 aromatic carbocycles. The molecule has 3 amide bonds. The Hall–Kier alpha value is -2.33. The Bertz CT molecular complexity index is 826. The van der Waals surface area contributed by atoms with Crippen molar-refractivity contribution in [2.24, 2.45) is 0 Å². The van der Waals surface area contributed by atoms with E-state index in [0.717, 1.165) is 6.26 Å². The zero-order chi connectivity index (χ0) is 18.9. The van der Waals surface area contributed by atoms with E-state index < -0.39 is 16.1 Å². The number of nitrogens with zero attached hydrogens (tertiary/aromatic N) is 1. The maximum atomic E-state index is 12.5. The number of sulfonamides is 1. The minimum absolute atomic E-state index is 0.244. The molecule has 2 heterocycles. The van der Waals surface area contributed by atoms with Crippen LogP contribution in [-0.2, 0) is 14.8 Å². The molecular weight excluding hydrogens is 360 g/mol. The van der Waals surface area contributed by atoms with Gasteiger partial charge in [0.15, 0.2) is 6.10 Å². The second-order valence-electron chi connectivity index (χ2n) is 6.57. The monoisotopic (exact) mass is 382 g/mol. The van der Waals surface area contributed by atoms with Crippen LogP contribution in [0, 0.1) is 0 Å². The summed E-state index contributed by atoms with van der Waals surface area (Å²) in [6.45, 7) is 2.52. The number of rotatable bonds is 3. The number of hydrogen-bond donors (Lipinski definition) is 3. The average Bonchev–Trinajstić information content (AvgIpc) is 2.55. The van der Waals surface area contributed by atoms with Crippen molar-refractivity contribution in [3.63, 3.8) is 0 Å². The number of piperidine rings is 1. The molecule has 1 saturated heterocycles. The Morgan fingerprint density at radius 2 is 2.15 bits per heavy atom. The van der Waals surface area contributed by atoms with Crippen LogP contribution in [0.4, 0.5) is 16.2 Å². The normalized spacial score (nSPS) is 22.8. The molecule has 0 unspecified atom stereocenters. The van der Waals surface area contributed by atoms with Crippen LogP contribution >= 0.6 is 0 Å². The van der Waals surface area contributed by atoms with Crippen molar-refractivity contribution in [2.45, 2.75) is 31.9 Å². The lowest BCUT2D eigenvalue weighted by atomic mass is 10.1. The zero-order valence-electron chi connectivity index (χ0n) is 14.6. The number of benzene rings is 1. The van der Waals surface area contributed by atoms with E-state index in [1.54, 1.807) is 30.0 Å². The predicted molar refractivity (Wildman–Crippen MR) is 96.8 cm³/mol. The molecule has 0 spiro atoms. The molecule has 26 heavy (non-hydrogen) atoms. The molecule has 3 rings (SSSR count). The third kappa shape index (κ3) is 4.44. The first kappa shape index (κ1) is 18.5. The molecule has 1 aromatic rings. The maximum Gasteiger partial charge on any atom is 0.321 e. The number of fused-ring (bicyclic) bond motifs is 1. The van der Waals surface area contributed by atoms with Gasteiger partial charge < -0.3 is 20.3 Å². The highest BCUT2D eigenvalue weighted by Crippen LogP contribution is 2.32. The van der Waals surface area contributed by atoms with E-state index in [1.807, 2.05) is 0 Å². The number of carbonyl (C=O) groups excluding carboxylic acids is 2. The van der Waals surface area contributed by atoms with Gasteiger partial charge in [-0.15, -0.1) is 0 Å². The third-order valence-electron chi connectivity index (χ3n) is 4.25. The highest BCUT2D eigenvalue weighted by atomic mass is 32.2. The molecule has 0 aromatic heterocycles. The summed E-state index contributed by atoms with van der Waals surface area (Å²) in [6.07, 6.45) is 1.95. The summed E-state index contributed by atoms with van der Waals surface area (Å²) < 4.78 is 30.8. The van der Waals surface area contributed by atoms with Crippen molar-refractivity contribution in [1.29, 1.82) is 0 Å². The highest BCUT2D eigenvalue weighted by molar-refractivity contribution is 7.88. The number of urea groups is 1. The Balaban J connectivity index is 1.65. The molecule has 0 bridgehead atoms. The topological polar surface area (TPSA) is 117 Å². The molecule has 2 atom stereocenters. The molecule has 0 saturated carbocycles. The molecule has 1 fully saturated rings. The number of nitrogens with one attached hydrogen (secondary N) is 3. The smallest absolute Gasteiger partial charge is 0.321 e. The second-order valence-corrected chi connectivity index (χ2v) is 8.35. The van der Waals surface area contributed by atoms with Gasteiger partial charge in [0.25, 0.3) is 5.91 Å². The number of anilines is 2. The molecular formula is C16H22N4O5S. The summed E-state index contributed by atoms with van der Waals surface area (Å²) in [4.78, 5) is 25.8. The Kier molecular flexibility index (Phi) is 5.05. The van der Waals surface area contributed by atoms with Gasteiger partial charge in [0.2, 0.25) is 10.0 Å². The average molecular weight is 382 g/mol. The van der Waals surface area contributed by atoms with E-state index in [9.17, 15) is 18.0 Å². The van der Waals surface area contributed by atoms with Crippen molar-refractivity contribution in [3.8, 4) is 5.75 Å². The van der Waals surface area contributed by atoms with Gasteiger partial charge in [-0.25, -0.2) is 17.9 Å². The fraction of sp³-hybridized carbons (Fsp3) is 0.500. The fourth-order valence-electron chi connectivity index (χ4n) is 3.05. The summed E-state index contributed by atoms with van der Waals surface area (Å²) in [6, 6.07) is 4.40. The first-order valence-electron chi connectivity index (χ1n) is 8.36. The summed E-state index contributed by atoms with van der Waals surface area (Å²) in [7, 11) is -3.31. The van der Waals surface area contributed by atoms with Crippen molar-refractivity contribution < 1.29 is 22.7 Å². The first-order valence-corrected chi connectivity index (χ1v) is 10.3. The van der Waals surface area contributed by atoms with Crippen LogP contribution in [0.1, 0.15) is 19.8 Å². The van der Waals surface area contributed by atoms with Gasteiger partial charge in [0.05, 0.1) is 11.9 Å². The zero-order valence-corrected chi connectivity index (χ0v) is 15.4. The summed E-state index contributed by atoms with van der Waals surface area (Å²) in [5.74, 6) is 0.303. The Labute approximate surface area is 152 Å². The Morgan fingerprint density at radius 3 is 2.88 bits per heavy atom. The van der Waals surface area contributed by atoms with Crippen LogP contribution in [0.15, 0.2) is 18.2 Å². The molecule has 3 N–H and O–H groups in total. The molecule has 2 aliphatic rings. The minimum atomic E-state index is -3.31. The second kappa shape index (κ2) is 7.12. The summed E-state index contributed by atoms with van der Waals surface area (Å²) in [5.41, 5.74) is 1.02. The van der Waals surface area contributed by atoms with E-state index in [-0.39, 0.29) is 18.0 Å². The third-order valence-corrected chi connectivity index (χ3v) is 5.01. The number of hydrogen-bond acceptors (Lipinski definition) is 5. The quantitative estimate of drug-likeness (QED) is 0.720. The van der Waals surface area contributed by atoms with E-state index in [0.29, 0.717) is 43.1 Å². The number of carbonyl (C=O) groups is 2. The molecule has 142 valence electrons. The number of likely N-dealkylation sites (tertiary alicyclic amines) is 1. The van der Waals surface area contributed by atoms with Gasteiger partial charge in [0, 0.05) is 24.8 Å². The van der Waals surface area contributed by atoms with Crippen LogP contribution in [0.2, 0.25) is 0 Å². The molecule has 0 aliphatic carbocycles. The van der Waals surface area contributed by atoms with E-state index in [2.05, 4.69) is 15.4 Å². The number of ether oxygens (including phenoxy) is 1. The van der Waals surface area contributed by atoms with Gasteiger partial charge >= 0.3 is 6.03 Å².